The number of hydrogen-bond donors (Lipinski definition) is 0. The fourth-order valence-corrected chi connectivity index (χ4v) is 3.29. The van der Waals surface area contributed by atoms with E-state index in [-0.39, 0.29) is 12.0 Å². The third-order valence-corrected chi connectivity index (χ3v) is 5.14. The van der Waals surface area contributed by atoms with Crippen LogP contribution < -0.4 is 0 Å². The maximum Gasteiger partial charge on any atom is 0.252 e. The second kappa shape index (κ2) is 7.58. The number of aromatic nitrogens is 2. The SMILES string of the molecule is Cc1ccc(CC(=O)N2CCC(OCc3nc(C4CC4)no3)CC2)cc1. The summed E-state index contributed by atoms with van der Waals surface area (Å²) in [6.07, 6.45) is 4.64. The first-order valence-electron chi connectivity index (χ1n) is 9.45. The molecule has 4 rings (SSSR count). The fourth-order valence-electron chi connectivity index (χ4n) is 3.29. The van der Waals surface area contributed by atoms with E-state index in [0.29, 0.717) is 24.8 Å². The van der Waals surface area contributed by atoms with Crippen LogP contribution in [-0.4, -0.2) is 40.1 Å². The highest BCUT2D eigenvalue weighted by molar-refractivity contribution is 5.78. The van der Waals surface area contributed by atoms with Crippen molar-refractivity contribution in [3.05, 3.63) is 47.1 Å². The highest BCUT2D eigenvalue weighted by Crippen LogP contribution is 2.38. The van der Waals surface area contributed by atoms with Gasteiger partial charge in [0, 0.05) is 19.0 Å². The third kappa shape index (κ3) is 4.30. The van der Waals surface area contributed by atoms with Crippen LogP contribution in [0.1, 0.15) is 54.4 Å². The van der Waals surface area contributed by atoms with E-state index in [4.69, 9.17) is 9.26 Å². The lowest BCUT2D eigenvalue weighted by atomic mass is 10.1. The smallest absolute Gasteiger partial charge is 0.252 e. The molecule has 138 valence electrons. The Labute approximate surface area is 153 Å². The van der Waals surface area contributed by atoms with Crippen molar-refractivity contribution in [2.75, 3.05) is 13.1 Å². The number of carbonyl (C=O) groups is 1. The van der Waals surface area contributed by atoms with Gasteiger partial charge >= 0.3 is 0 Å². The first-order valence-corrected chi connectivity index (χ1v) is 9.45. The Morgan fingerprint density at radius 3 is 2.62 bits per heavy atom. The first kappa shape index (κ1) is 17.2. The Hall–Kier alpha value is -2.21. The van der Waals surface area contributed by atoms with Crippen LogP contribution in [0.15, 0.2) is 28.8 Å². The number of rotatable bonds is 6. The average Bonchev–Trinajstić information content (AvgIpc) is 3.40. The van der Waals surface area contributed by atoms with Gasteiger partial charge in [-0.15, -0.1) is 0 Å². The van der Waals surface area contributed by atoms with E-state index in [1.807, 2.05) is 17.0 Å². The molecule has 1 aliphatic carbocycles. The van der Waals surface area contributed by atoms with Gasteiger partial charge in [-0.25, -0.2) is 0 Å². The lowest BCUT2D eigenvalue weighted by molar-refractivity contribution is -0.133. The van der Waals surface area contributed by atoms with Crippen molar-refractivity contribution in [3.8, 4) is 0 Å². The number of hydrogen-bond acceptors (Lipinski definition) is 5. The zero-order chi connectivity index (χ0) is 17.9. The minimum absolute atomic E-state index is 0.148. The number of aryl methyl sites for hydroxylation is 1. The van der Waals surface area contributed by atoms with E-state index in [1.165, 1.54) is 5.56 Å². The summed E-state index contributed by atoms with van der Waals surface area (Å²) in [5.74, 6) is 2.07. The van der Waals surface area contributed by atoms with Crippen molar-refractivity contribution >= 4 is 5.91 Å². The van der Waals surface area contributed by atoms with Gasteiger partial charge in [-0.05, 0) is 38.2 Å². The molecule has 1 amide bonds. The van der Waals surface area contributed by atoms with Gasteiger partial charge in [-0.1, -0.05) is 35.0 Å². The topological polar surface area (TPSA) is 68.5 Å². The maximum atomic E-state index is 12.5. The van der Waals surface area contributed by atoms with Crippen LogP contribution in [0.5, 0.6) is 0 Å². The number of ether oxygens (including phenoxy) is 1. The molecule has 0 bridgehead atoms. The summed E-state index contributed by atoms with van der Waals surface area (Å²) in [5, 5.41) is 4.00. The number of likely N-dealkylation sites (tertiary alicyclic amines) is 1. The van der Waals surface area contributed by atoms with E-state index in [1.54, 1.807) is 0 Å². The number of carbonyl (C=O) groups excluding carboxylic acids is 1. The monoisotopic (exact) mass is 355 g/mol. The second-order valence-electron chi connectivity index (χ2n) is 7.37. The Kier molecular flexibility index (Phi) is 5.02. The Bertz CT molecular complexity index is 744. The quantitative estimate of drug-likeness (QED) is 0.797. The molecule has 1 saturated heterocycles. The van der Waals surface area contributed by atoms with Crippen LogP contribution in [0, 0.1) is 6.92 Å². The predicted octanol–water partition coefficient (Wildman–Crippen LogP) is 3.01. The van der Waals surface area contributed by atoms with Crippen LogP contribution in [-0.2, 0) is 22.6 Å². The van der Waals surface area contributed by atoms with E-state index < -0.39 is 0 Å². The third-order valence-electron chi connectivity index (χ3n) is 5.14. The summed E-state index contributed by atoms with van der Waals surface area (Å²) in [5.41, 5.74) is 2.28. The second-order valence-corrected chi connectivity index (χ2v) is 7.37. The molecule has 1 saturated carbocycles. The minimum Gasteiger partial charge on any atom is -0.368 e. The Balaban J connectivity index is 1.20. The predicted molar refractivity (Wildman–Crippen MR) is 95.5 cm³/mol. The lowest BCUT2D eigenvalue weighted by Gasteiger charge is -2.31. The van der Waals surface area contributed by atoms with Crippen molar-refractivity contribution in [2.24, 2.45) is 0 Å². The van der Waals surface area contributed by atoms with Crippen LogP contribution in [0.3, 0.4) is 0 Å². The van der Waals surface area contributed by atoms with E-state index in [2.05, 4.69) is 29.2 Å². The molecular weight excluding hydrogens is 330 g/mol. The van der Waals surface area contributed by atoms with Gasteiger partial charge in [-0.3, -0.25) is 4.79 Å². The normalized spacial score (nSPS) is 18.3. The molecule has 6 nitrogen and oxygen atoms in total. The summed E-state index contributed by atoms with van der Waals surface area (Å²) in [4.78, 5) is 18.8. The summed E-state index contributed by atoms with van der Waals surface area (Å²) in [7, 11) is 0. The number of amides is 1. The van der Waals surface area contributed by atoms with Crippen molar-refractivity contribution in [3.63, 3.8) is 0 Å². The first-order chi connectivity index (χ1) is 12.7. The Morgan fingerprint density at radius 1 is 1.19 bits per heavy atom. The molecule has 1 aromatic heterocycles. The van der Waals surface area contributed by atoms with Crippen molar-refractivity contribution in [1.82, 2.24) is 15.0 Å². The zero-order valence-electron chi connectivity index (χ0n) is 15.2. The lowest BCUT2D eigenvalue weighted by Crippen LogP contribution is -2.41. The van der Waals surface area contributed by atoms with Crippen molar-refractivity contribution in [1.29, 1.82) is 0 Å². The summed E-state index contributed by atoms with van der Waals surface area (Å²) in [6.45, 7) is 3.90. The number of piperidine rings is 1. The summed E-state index contributed by atoms with van der Waals surface area (Å²) in [6, 6.07) is 8.16. The number of nitrogens with zero attached hydrogens (tertiary/aromatic N) is 3. The maximum absolute atomic E-state index is 12.5. The molecule has 1 aliphatic heterocycles. The van der Waals surface area contributed by atoms with E-state index in [9.17, 15) is 4.79 Å². The van der Waals surface area contributed by atoms with Gasteiger partial charge in [0.05, 0.1) is 12.5 Å². The Morgan fingerprint density at radius 2 is 1.92 bits per heavy atom. The van der Waals surface area contributed by atoms with Crippen molar-refractivity contribution < 1.29 is 14.1 Å². The summed E-state index contributed by atoms with van der Waals surface area (Å²) < 4.78 is 11.1. The molecule has 0 unspecified atom stereocenters. The summed E-state index contributed by atoms with van der Waals surface area (Å²) >= 11 is 0. The van der Waals surface area contributed by atoms with E-state index >= 15 is 0 Å². The molecule has 2 aliphatic rings. The zero-order valence-corrected chi connectivity index (χ0v) is 15.2. The van der Waals surface area contributed by atoms with Gasteiger partial charge in [-0.2, -0.15) is 4.98 Å². The van der Waals surface area contributed by atoms with Gasteiger partial charge in [0.1, 0.15) is 6.61 Å². The van der Waals surface area contributed by atoms with Gasteiger partial charge in [0.25, 0.3) is 5.89 Å². The van der Waals surface area contributed by atoms with E-state index in [0.717, 1.165) is 50.2 Å². The fraction of sp³-hybridized carbons (Fsp3) is 0.550. The molecular formula is C20H25N3O3. The molecule has 2 fully saturated rings. The largest absolute Gasteiger partial charge is 0.368 e. The van der Waals surface area contributed by atoms with Gasteiger partial charge < -0.3 is 14.2 Å². The molecule has 2 aromatic rings. The molecule has 0 radical (unpaired) electrons. The van der Waals surface area contributed by atoms with Gasteiger partial charge in [0.15, 0.2) is 5.82 Å². The van der Waals surface area contributed by atoms with Crippen molar-refractivity contribution in [2.45, 2.75) is 57.7 Å². The van der Waals surface area contributed by atoms with Crippen LogP contribution >= 0.6 is 0 Å². The minimum atomic E-state index is 0.148. The highest BCUT2D eigenvalue weighted by Gasteiger charge is 2.29. The molecule has 0 atom stereocenters. The molecule has 2 heterocycles. The van der Waals surface area contributed by atoms with Crippen LogP contribution in [0.25, 0.3) is 0 Å². The van der Waals surface area contributed by atoms with Crippen LogP contribution in [0.4, 0.5) is 0 Å². The van der Waals surface area contributed by atoms with Gasteiger partial charge in [0.2, 0.25) is 5.91 Å². The molecule has 0 spiro atoms. The standard InChI is InChI=1S/C20H25N3O3/c1-14-2-4-15(5-3-14)12-19(24)23-10-8-17(9-11-23)25-13-18-21-20(22-26-18)16-6-7-16/h2-5,16-17H,6-13H2,1H3. The molecule has 1 aromatic carbocycles. The highest BCUT2D eigenvalue weighted by atomic mass is 16.5. The number of benzene rings is 1. The average molecular weight is 355 g/mol. The molecule has 0 N–H and O–H groups in total. The van der Waals surface area contributed by atoms with Crippen LogP contribution in [0.2, 0.25) is 0 Å². The molecule has 6 heteroatoms. The molecule has 26 heavy (non-hydrogen) atoms.